The zero-order valence-corrected chi connectivity index (χ0v) is 21.4. The first kappa shape index (κ1) is 25.5. The van der Waals surface area contributed by atoms with Crippen LogP contribution in [0.15, 0.2) is 82.0 Å². The molecule has 0 aliphatic rings. The molecule has 0 heterocycles. The van der Waals surface area contributed by atoms with Crippen LogP contribution >= 0.6 is 39.1 Å². The molecule has 0 aliphatic heterocycles. The maximum absolute atomic E-state index is 12.9. The van der Waals surface area contributed by atoms with Crippen molar-refractivity contribution >= 4 is 68.9 Å². The van der Waals surface area contributed by atoms with Crippen LogP contribution in [0.3, 0.4) is 0 Å². The number of carbonyl (C=O) groups is 2. The zero-order chi connectivity index (χ0) is 24.7. The Hall–Kier alpha value is -3.13. The van der Waals surface area contributed by atoms with E-state index in [-0.39, 0.29) is 5.70 Å². The van der Waals surface area contributed by atoms with Gasteiger partial charge in [0, 0.05) is 40.4 Å². The van der Waals surface area contributed by atoms with Crippen LogP contribution in [-0.4, -0.2) is 32.1 Å². The van der Waals surface area contributed by atoms with Gasteiger partial charge < -0.3 is 10.2 Å². The number of halogens is 3. The van der Waals surface area contributed by atoms with E-state index in [0.717, 1.165) is 15.7 Å². The van der Waals surface area contributed by atoms with Gasteiger partial charge in [-0.1, -0.05) is 63.4 Å². The van der Waals surface area contributed by atoms with E-state index in [0.29, 0.717) is 21.2 Å². The minimum atomic E-state index is -0.596. The van der Waals surface area contributed by atoms with Gasteiger partial charge in [-0.25, -0.2) is 5.43 Å². The van der Waals surface area contributed by atoms with Crippen molar-refractivity contribution in [3.63, 3.8) is 0 Å². The molecule has 2 amide bonds. The lowest BCUT2D eigenvalue weighted by Crippen LogP contribution is -2.32. The Kier molecular flexibility index (Phi) is 8.87. The van der Waals surface area contributed by atoms with E-state index in [9.17, 15) is 9.59 Å². The molecule has 0 fully saturated rings. The maximum atomic E-state index is 12.9. The van der Waals surface area contributed by atoms with Crippen LogP contribution in [-0.2, 0) is 4.79 Å². The van der Waals surface area contributed by atoms with Crippen molar-refractivity contribution in [1.82, 2.24) is 10.7 Å². The fraction of sp³-hybridized carbons (Fsp3) is 0.0800. The molecule has 0 aromatic heterocycles. The van der Waals surface area contributed by atoms with Crippen molar-refractivity contribution in [2.75, 3.05) is 19.0 Å². The van der Waals surface area contributed by atoms with Crippen LogP contribution in [0.2, 0.25) is 10.0 Å². The van der Waals surface area contributed by atoms with E-state index in [1.165, 1.54) is 6.21 Å². The van der Waals surface area contributed by atoms with Crippen LogP contribution in [0.4, 0.5) is 5.69 Å². The van der Waals surface area contributed by atoms with Gasteiger partial charge in [0.15, 0.2) is 0 Å². The molecule has 0 spiro atoms. The molecule has 0 unspecified atom stereocenters. The summed E-state index contributed by atoms with van der Waals surface area (Å²) in [4.78, 5) is 27.7. The highest BCUT2D eigenvalue weighted by atomic mass is 79.9. The summed E-state index contributed by atoms with van der Waals surface area (Å²) in [5.41, 5.74) is 5.17. The molecule has 3 aromatic carbocycles. The average Bonchev–Trinajstić information content (AvgIpc) is 2.80. The summed E-state index contributed by atoms with van der Waals surface area (Å²) >= 11 is 15.4. The normalized spacial score (nSPS) is 11.4. The van der Waals surface area contributed by atoms with Crippen LogP contribution < -0.4 is 15.6 Å². The summed E-state index contributed by atoms with van der Waals surface area (Å²) < 4.78 is 0.749. The van der Waals surface area contributed by atoms with Gasteiger partial charge in [-0.3, -0.25) is 9.59 Å². The topological polar surface area (TPSA) is 73.8 Å². The molecule has 0 atom stereocenters. The summed E-state index contributed by atoms with van der Waals surface area (Å²) in [6, 6.07) is 19.3. The van der Waals surface area contributed by atoms with Crippen LogP contribution in [0.5, 0.6) is 0 Å². The minimum absolute atomic E-state index is 0.0296. The van der Waals surface area contributed by atoms with E-state index in [1.54, 1.807) is 42.5 Å². The van der Waals surface area contributed by atoms with Gasteiger partial charge in [0.2, 0.25) is 0 Å². The third-order valence-electron chi connectivity index (χ3n) is 4.63. The van der Waals surface area contributed by atoms with E-state index >= 15 is 0 Å². The first-order chi connectivity index (χ1) is 16.2. The largest absolute Gasteiger partial charge is 0.378 e. The fourth-order valence-electron chi connectivity index (χ4n) is 2.84. The molecule has 6 nitrogen and oxygen atoms in total. The summed E-state index contributed by atoms with van der Waals surface area (Å²) in [7, 11) is 3.87. The number of hydrogen-bond acceptors (Lipinski definition) is 4. The van der Waals surface area contributed by atoms with Crippen molar-refractivity contribution in [3.8, 4) is 0 Å². The molecule has 3 rings (SSSR count). The van der Waals surface area contributed by atoms with Gasteiger partial charge in [0.1, 0.15) is 5.70 Å². The van der Waals surface area contributed by atoms with Crippen molar-refractivity contribution in [3.05, 3.63) is 104 Å². The number of rotatable bonds is 7. The molecule has 0 radical (unpaired) electrons. The smallest absolute Gasteiger partial charge is 0.287 e. The van der Waals surface area contributed by atoms with E-state index < -0.39 is 11.8 Å². The molecule has 3 aromatic rings. The standard InChI is InChI=1S/C25H21BrCl2N4O2/c1-32(2)21-10-6-16(7-11-21)12-23(30-24(33)17-4-3-5-19(26)13-17)25(34)31-29-15-18-8-9-20(27)14-22(18)28/h3-15H,1-2H3,(H,30,33)(H,31,34)/b23-12-,29-15+. The van der Waals surface area contributed by atoms with Crippen molar-refractivity contribution < 1.29 is 9.59 Å². The van der Waals surface area contributed by atoms with E-state index in [1.807, 2.05) is 49.3 Å². The average molecular weight is 560 g/mol. The lowest BCUT2D eigenvalue weighted by Gasteiger charge is -2.13. The summed E-state index contributed by atoms with van der Waals surface area (Å²) in [5, 5.41) is 7.53. The Morgan fingerprint density at radius 2 is 1.74 bits per heavy atom. The van der Waals surface area contributed by atoms with Gasteiger partial charge in [0.05, 0.1) is 11.2 Å². The molecule has 2 N–H and O–H groups in total. The quantitative estimate of drug-likeness (QED) is 0.220. The molecule has 34 heavy (non-hydrogen) atoms. The summed E-state index contributed by atoms with van der Waals surface area (Å²) in [5.74, 6) is -1.03. The van der Waals surface area contributed by atoms with E-state index in [4.69, 9.17) is 23.2 Å². The number of benzene rings is 3. The second kappa shape index (κ2) is 11.8. The van der Waals surface area contributed by atoms with Gasteiger partial charge in [-0.2, -0.15) is 5.10 Å². The highest BCUT2D eigenvalue weighted by molar-refractivity contribution is 9.10. The number of hydrogen-bond donors (Lipinski definition) is 2. The predicted molar refractivity (Wildman–Crippen MR) is 143 cm³/mol. The number of nitrogens with zero attached hydrogens (tertiary/aromatic N) is 2. The van der Waals surface area contributed by atoms with Gasteiger partial charge in [-0.15, -0.1) is 0 Å². The summed E-state index contributed by atoms with van der Waals surface area (Å²) in [6.45, 7) is 0. The monoisotopic (exact) mass is 558 g/mol. The van der Waals surface area contributed by atoms with Crippen molar-refractivity contribution in [2.45, 2.75) is 0 Å². The highest BCUT2D eigenvalue weighted by Crippen LogP contribution is 2.19. The first-order valence-electron chi connectivity index (χ1n) is 10.1. The zero-order valence-electron chi connectivity index (χ0n) is 18.4. The second-order valence-electron chi connectivity index (χ2n) is 7.37. The Bertz CT molecular complexity index is 1260. The fourth-order valence-corrected chi connectivity index (χ4v) is 3.70. The van der Waals surface area contributed by atoms with E-state index in [2.05, 4.69) is 31.8 Å². The minimum Gasteiger partial charge on any atom is -0.378 e. The Morgan fingerprint density at radius 3 is 2.38 bits per heavy atom. The Balaban J connectivity index is 1.84. The third kappa shape index (κ3) is 7.18. The van der Waals surface area contributed by atoms with Crippen LogP contribution in [0.25, 0.3) is 6.08 Å². The Morgan fingerprint density at radius 1 is 1.00 bits per heavy atom. The van der Waals surface area contributed by atoms with Gasteiger partial charge in [0.25, 0.3) is 11.8 Å². The lowest BCUT2D eigenvalue weighted by atomic mass is 10.1. The SMILES string of the molecule is CN(C)c1ccc(/C=C(\NC(=O)c2cccc(Br)c2)C(=O)N/N=C/c2ccc(Cl)cc2Cl)cc1. The molecule has 0 saturated carbocycles. The van der Waals surface area contributed by atoms with Gasteiger partial charge >= 0.3 is 0 Å². The predicted octanol–water partition coefficient (Wildman–Crippen LogP) is 5.74. The number of anilines is 1. The maximum Gasteiger partial charge on any atom is 0.287 e. The molecule has 9 heteroatoms. The van der Waals surface area contributed by atoms with Crippen molar-refractivity contribution in [2.24, 2.45) is 5.10 Å². The molecule has 0 saturated heterocycles. The number of nitrogens with one attached hydrogen (secondary N) is 2. The van der Waals surface area contributed by atoms with Crippen molar-refractivity contribution in [1.29, 1.82) is 0 Å². The second-order valence-corrected chi connectivity index (χ2v) is 9.13. The number of amides is 2. The van der Waals surface area contributed by atoms with Crippen LogP contribution in [0.1, 0.15) is 21.5 Å². The number of hydrazone groups is 1. The van der Waals surface area contributed by atoms with Crippen LogP contribution in [0, 0.1) is 0 Å². The Labute approximate surface area is 216 Å². The van der Waals surface area contributed by atoms with Gasteiger partial charge in [-0.05, 0) is 54.1 Å². The molecule has 0 bridgehead atoms. The molecular weight excluding hydrogens is 539 g/mol. The molecular formula is C25H21BrCl2N4O2. The molecule has 174 valence electrons. The number of carbonyl (C=O) groups excluding carboxylic acids is 2. The highest BCUT2D eigenvalue weighted by Gasteiger charge is 2.15. The lowest BCUT2D eigenvalue weighted by molar-refractivity contribution is -0.117. The first-order valence-corrected chi connectivity index (χ1v) is 11.6. The third-order valence-corrected chi connectivity index (χ3v) is 5.69. The molecule has 0 aliphatic carbocycles. The summed E-state index contributed by atoms with van der Waals surface area (Å²) in [6.07, 6.45) is 2.98.